The third kappa shape index (κ3) is 4.60. The van der Waals surface area contributed by atoms with Crippen LogP contribution in [0.1, 0.15) is 17.3 Å². The summed E-state index contributed by atoms with van der Waals surface area (Å²) in [5, 5.41) is 2.66. The highest BCUT2D eigenvalue weighted by atomic mass is 79.9. The molecule has 0 bridgehead atoms. The summed E-state index contributed by atoms with van der Waals surface area (Å²) in [6, 6.07) is 9.36. The van der Waals surface area contributed by atoms with Crippen LogP contribution in [0.15, 0.2) is 45.8 Å². The van der Waals surface area contributed by atoms with E-state index in [0.29, 0.717) is 28.1 Å². The van der Waals surface area contributed by atoms with Gasteiger partial charge in [0.15, 0.2) is 11.5 Å². The Hall–Kier alpha value is -2.10. The van der Waals surface area contributed by atoms with Gasteiger partial charge in [0.2, 0.25) is 10.0 Å². The number of anilines is 1. The summed E-state index contributed by atoms with van der Waals surface area (Å²) >= 11 is 3.37. The van der Waals surface area contributed by atoms with E-state index in [2.05, 4.69) is 21.2 Å². The smallest absolute Gasteiger partial charge is 0.255 e. The summed E-state index contributed by atoms with van der Waals surface area (Å²) in [6.45, 7) is 2.28. The van der Waals surface area contributed by atoms with Crippen LogP contribution in [0, 0.1) is 0 Å². The molecule has 7 nitrogen and oxygen atoms in total. The number of amides is 1. The molecular weight excluding hydrogens is 436 g/mol. The fourth-order valence-corrected chi connectivity index (χ4v) is 3.92. The molecule has 0 saturated carbocycles. The zero-order chi connectivity index (χ0) is 20.2. The molecule has 2 rings (SSSR count). The minimum atomic E-state index is -3.71. The summed E-state index contributed by atoms with van der Waals surface area (Å²) < 4.78 is 37.4. The number of benzene rings is 2. The summed E-state index contributed by atoms with van der Waals surface area (Å²) in [6.07, 6.45) is 0. The molecule has 0 radical (unpaired) electrons. The molecule has 146 valence electrons. The summed E-state index contributed by atoms with van der Waals surface area (Å²) in [4.78, 5) is 12.7. The fraction of sp³-hybridized carbons (Fsp3) is 0.278. The molecule has 27 heavy (non-hydrogen) atoms. The number of nitrogens with zero attached hydrogens (tertiary/aromatic N) is 1. The highest BCUT2D eigenvalue weighted by Gasteiger charge is 2.23. The van der Waals surface area contributed by atoms with Crippen molar-refractivity contribution in [2.75, 3.05) is 33.1 Å². The van der Waals surface area contributed by atoms with Crippen molar-refractivity contribution in [1.29, 1.82) is 0 Å². The van der Waals surface area contributed by atoms with Gasteiger partial charge >= 0.3 is 0 Å². The molecule has 0 aromatic heterocycles. The first-order valence-electron chi connectivity index (χ1n) is 8.05. The standard InChI is InChI=1S/C18H21BrN2O5S/c1-5-26-17-13(19)10-12(11-15(17)25-4)18(22)20-14-8-6-7-9-16(14)27(23,24)21(2)3/h6-11H,5H2,1-4H3,(H,20,22). The van der Waals surface area contributed by atoms with E-state index in [9.17, 15) is 13.2 Å². The van der Waals surface area contributed by atoms with Gasteiger partial charge in [-0.05, 0) is 47.1 Å². The fourth-order valence-electron chi connectivity index (χ4n) is 2.32. The highest BCUT2D eigenvalue weighted by Crippen LogP contribution is 2.37. The summed E-state index contributed by atoms with van der Waals surface area (Å²) in [5.74, 6) is 0.413. The van der Waals surface area contributed by atoms with E-state index in [0.717, 1.165) is 4.31 Å². The molecule has 0 aliphatic rings. The second-order valence-corrected chi connectivity index (χ2v) is 8.63. The Morgan fingerprint density at radius 3 is 2.48 bits per heavy atom. The molecule has 0 unspecified atom stereocenters. The zero-order valence-electron chi connectivity index (χ0n) is 15.4. The van der Waals surface area contributed by atoms with E-state index in [4.69, 9.17) is 9.47 Å². The van der Waals surface area contributed by atoms with Crippen LogP contribution in [-0.2, 0) is 10.0 Å². The Morgan fingerprint density at radius 2 is 1.89 bits per heavy atom. The van der Waals surface area contributed by atoms with Crippen molar-refractivity contribution in [2.45, 2.75) is 11.8 Å². The Bertz CT molecular complexity index is 945. The molecule has 0 heterocycles. The molecule has 1 N–H and O–H groups in total. The Balaban J connectivity index is 2.41. The maximum absolute atomic E-state index is 12.7. The van der Waals surface area contributed by atoms with Crippen molar-refractivity contribution in [1.82, 2.24) is 4.31 Å². The van der Waals surface area contributed by atoms with Crippen molar-refractivity contribution in [2.24, 2.45) is 0 Å². The molecule has 0 aliphatic heterocycles. The van der Waals surface area contributed by atoms with E-state index >= 15 is 0 Å². The van der Waals surface area contributed by atoms with Gasteiger partial charge in [-0.25, -0.2) is 12.7 Å². The van der Waals surface area contributed by atoms with Crippen molar-refractivity contribution in [3.8, 4) is 11.5 Å². The number of carbonyl (C=O) groups excluding carboxylic acids is 1. The topological polar surface area (TPSA) is 84.9 Å². The third-order valence-electron chi connectivity index (χ3n) is 3.67. The monoisotopic (exact) mass is 456 g/mol. The maximum atomic E-state index is 12.7. The molecule has 1 amide bonds. The molecule has 2 aromatic rings. The summed E-state index contributed by atoms with van der Waals surface area (Å²) in [5.41, 5.74) is 0.486. The van der Waals surface area contributed by atoms with Crippen molar-refractivity contribution >= 4 is 37.5 Å². The predicted molar refractivity (Wildman–Crippen MR) is 107 cm³/mol. The first kappa shape index (κ1) is 21.2. The lowest BCUT2D eigenvalue weighted by molar-refractivity contribution is 0.102. The Morgan fingerprint density at radius 1 is 1.22 bits per heavy atom. The van der Waals surface area contributed by atoms with Gasteiger partial charge < -0.3 is 14.8 Å². The molecule has 0 aliphatic carbocycles. The van der Waals surface area contributed by atoms with Gasteiger partial charge in [-0.3, -0.25) is 4.79 Å². The van der Waals surface area contributed by atoms with E-state index in [-0.39, 0.29) is 10.6 Å². The average molecular weight is 457 g/mol. The molecule has 9 heteroatoms. The number of methoxy groups -OCH3 is 1. The maximum Gasteiger partial charge on any atom is 0.255 e. The Labute approximate surface area is 167 Å². The van der Waals surface area contributed by atoms with Gasteiger partial charge in [0.1, 0.15) is 4.90 Å². The Kier molecular flexibility index (Phi) is 6.85. The first-order chi connectivity index (χ1) is 12.7. The minimum Gasteiger partial charge on any atom is -0.493 e. The van der Waals surface area contributed by atoms with Crippen LogP contribution in [-0.4, -0.2) is 46.4 Å². The van der Waals surface area contributed by atoms with Crippen LogP contribution < -0.4 is 14.8 Å². The van der Waals surface area contributed by atoms with Crippen LogP contribution in [0.3, 0.4) is 0 Å². The number of carbonyl (C=O) groups is 1. The first-order valence-corrected chi connectivity index (χ1v) is 10.3. The van der Waals surface area contributed by atoms with Crippen LogP contribution in [0.4, 0.5) is 5.69 Å². The van der Waals surface area contributed by atoms with E-state index in [1.165, 1.54) is 39.4 Å². The lowest BCUT2D eigenvalue weighted by Crippen LogP contribution is -2.24. The average Bonchev–Trinajstić information content (AvgIpc) is 2.63. The van der Waals surface area contributed by atoms with Gasteiger partial charge in [-0.2, -0.15) is 0 Å². The van der Waals surface area contributed by atoms with Gasteiger partial charge in [-0.15, -0.1) is 0 Å². The number of hydrogen-bond acceptors (Lipinski definition) is 5. The number of para-hydroxylation sites is 1. The predicted octanol–water partition coefficient (Wildman–Crippen LogP) is 3.36. The third-order valence-corrected chi connectivity index (χ3v) is 6.14. The summed E-state index contributed by atoms with van der Waals surface area (Å²) in [7, 11) is 0.637. The molecular formula is C18H21BrN2O5S. The lowest BCUT2D eigenvalue weighted by Gasteiger charge is -2.16. The second kappa shape index (κ2) is 8.73. The normalized spacial score (nSPS) is 11.3. The number of ether oxygens (including phenoxy) is 2. The number of halogens is 1. The van der Waals surface area contributed by atoms with E-state index < -0.39 is 15.9 Å². The van der Waals surface area contributed by atoms with E-state index in [1.807, 2.05) is 6.92 Å². The lowest BCUT2D eigenvalue weighted by atomic mass is 10.1. The van der Waals surface area contributed by atoms with Gasteiger partial charge in [-0.1, -0.05) is 12.1 Å². The second-order valence-electron chi connectivity index (χ2n) is 5.66. The van der Waals surface area contributed by atoms with E-state index in [1.54, 1.807) is 18.2 Å². The van der Waals surface area contributed by atoms with Gasteiger partial charge in [0, 0.05) is 19.7 Å². The SMILES string of the molecule is CCOc1c(Br)cc(C(=O)Nc2ccccc2S(=O)(=O)N(C)C)cc1OC. The van der Waals surface area contributed by atoms with Gasteiger partial charge in [0.25, 0.3) is 5.91 Å². The molecule has 0 fully saturated rings. The quantitative estimate of drug-likeness (QED) is 0.690. The number of sulfonamides is 1. The molecule has 0 spiro atoms. The highest BCUT2D eigenvalue weighted by molar-refractivity contribution is 9.10. The van der Waals surface area contributed by atoms with Crippen LogP contribution in [0.5, 0.6) is 11.5 Å². The van der Waals surface area contributed by atoms with Crippen molar-refractivity contribution in [3.05, 3.63) is 46.4 Å². The van der Waals surface area contributed by atoms with Crippen LogP contribution in [0.25, 0.3) is 0 Å². The molecule has 0 atom stereocenters. The molecule has 0 saturated heterocycles. The number of rotatable bonds is 7. The van der Waals surface area contributed by atoms with Crippen LogP contribution >= 0.6 is 15.9 Å². The largest absolute Gasteiger partial charge is 0.493 e. The van der Waals surface area contributed by atoms with Crippen LogP contribution in [0.2, 0.25) is 0 Å². The van der Waals surface area contributed by atoms with Gasteiger partial charge in [0.05, 0.1) is 23.9 Å². The van der Waals surface area contributed by atoms with Crippen molar-refractivity contribution < 1.29 is 22.7 Å². The minimum absolute atomic E-state index is 0.0142. The van der Waals surface area contributed by atoms with Crippen molar-refractivity contribution in [3.63, 3.8) is 0 Å². The molecule has 2 aromatic carbocycles. The number of hydrogen-bond donors (Lipinski definition) is 1. The number of nitrogens with one attached hydrogen (secondary N) is 1. The zero-order valence-corrected chi connectivity index (χ0v) is 17.8.